The van der Waals surface area contributed by atoms with Crippen LogP contribution in [-0.2, 0) is 4.79 Å². The lowest BCUT2D eigenvalue weighted by Crippen LogP contribution is -2.13. The van der Waals surface area contributed by atoms with E-state index in [-0.39, 0.29) is 11.8 Å². The molecule has 4 heteroatoms. The molecule has 13 heavy (non-hydrogen) atoms. The minimum atomic E-state index is 0.0919. The highest BCUT2D eigenvalue weighted by molar-refractivity contribution is 5.79. The second kappa shape index (κ2) is 3.05. The van der Waals surface area contributed by atoms with Crippen LogP contribution in [0.25, 0.3) is 0 Å². The molecule has 1 aromatic heterocycles. The van der Waals surface area contributed by atoms with E-state index < -0.39 is 0 Å². The van der Waals surface area contributed by atoms with Crippen LogP contribution in [0.2, 0.25) is 0 Å². The summed E-state index contributed by atoms with van der Waals surface area (Å²) >= 11 is 0. The molecule has 1 saturated heterocycles. The summed E-state index contributed by atoms with van der Waals surface area (Å²) in [7, 11) is 0. The number of amides is 1. The Morgan fingerprint density at radius 2 is 2.38 bits per heavy atom. The largest absolute Gasteiger partial charge is 0.384 e. The normalized spacial score (nSPS) is 21.5. The molecule has 0 saturated carbocycles. The molecule has 3 N–H and O–H groups in total. The molecule has 1 aromatic rings. The first-order valence-electron chi connectivity index (χ1n) is 4.25. The van der Waals surface area contributed by atoms with Crippen molar-refractivity contribution in [3.8, 4) is 0 Å². The fourth-order valence-electron chi connectivity index (χ4n) is 1.51. The lowest BCUT2D eigenvalue weighted by atomic mass is 10.0. The van der Waals surface area contributed by atoms with Gasteiger partial charge in [-0.05, 0) is 12.1 Å². The van der Waals surface area contributed by atoms with Gasteiger partial charge < -0.3 is 11.1 Å². The van der Waals surface area contributed by atoms with Gasteiger partial charge in [0, 0.05) is 24.6 Å². The number of carbonyl (C=O) groups excluding carboxylic acids is 1. The SMILES string of the molecule is Nc1cccc(C2CNC(=O)C2)n1. The summed E-state index contributed by atoms with van der Waals surface area (Å²) < 4.78 is 0. The highest BCUT2D eigenvalue weighted by Crippen LogP contribution is 2.21. The smallest absolute Gasteiger partial charge is 0.220 e. The van der Waals surface area contributed by atoms with Crippen LogP contribution in [-0.4, -0.2) is 17.4 Å². The van der Waals surface area contributed by atoms with E-state index in [9.17, 15) is 4.79 Å². The van der Waals surface area contributed by atoms with E-state index in [0.29, 0.717) is 18.8 Å². The van der Waals surface area contributed by atoms with Crippen LogP contribution in [0.3, 0.4) is 0 Å². The van der Waals surface area contributed by atoms with Gasteiger partial charge in [-0.15, -0.1) is 0 Å². The van der Waals surface area contributed by atoms with E-state index >= 15 is 0 Å². The van der Waals surface area contributed by atoms with Gasteiger partial charge >= 0.3 is 0 Å². The minimum absolute atomic E-state index is 0.0919. The van der Waals surface area contributed by atoms with Crippen molar-refractivity contribution in [3.63, 3.8) is 0 Å². The van der Waals surface area contributed by atoms with Crippen molar-refractivity contribution in [2.75, 3.05) is 12.3 Å². The molecular formula is C9H11N3O. The van der Waals surface area contributed by atoms with Gasteiger partial charge in [0.15, 0.2) is 0 Å². The van der Waals surface area contributed by atoms with Crippen molar-refractivity contribution in [2.24, 2.45) is 0 Å². The number of aromatic nitrogens is 1. The molecule has 1 atom stereocenters. The third kappa shape index (κ3) is 1.61. The first-order valence-corrected chi connectivity index (χ1v) is 4.25. The Kier molecular flexibility index (Phi) is 1.88. The Balaban J connectivity index is 2.21. The standard InChI is InChI=1S/C9H11N3O/c10-8-3-1-2-7(12-8)6-4-9(13)11-5-6/h1-3,6H,4-5H2,(H2,10,12)(H,11,13). The zero-order valence-corrected chi connectivity index (χ0v) is 7.16. The van der Waals surface area contributed by atoms with E-state index in [1.54, 1.807) is 6.07 Å². The molecule has 0 aromatic carbocycles. The number of carbonyl (C=O) groups is 1. The van der Waals surface area contributed by atoms with Gasteiger partial charge in [0.05, 0.1) is 0 Å². The predicted molar refractivity (Wildman–Crippen MR) is 49.0 cm³/mol. The number of pyridine rings is 1. The summed E-state index contributed by atoms with van der Waals surface area (Å²) in [6, 6.07) is 5.51. The number of nitrogens with two attached hydrogens (primary N) is 1. The monoisotopic (exact) mass is 177 g/mol. The zero-order valence-electron chi connectivity index (χ0n) is 7.16. The van der Waals surface area contributed by atoms with Crippen LogP contribution < -0.4 is 11.1 Å². The predicted octanol–water partition coefficient (Wildman–Crippen LogP) is 0.267. The topological polar surface area (TPSA) is 68.0 Å². The van der Waals surface area contributed by atoms with Crippen LogP contribution >= 0.6 is 0 Å². The molecule has 0 spiro atoms. The molecule has 1 amide bonds. The van der Waals surface area contributed by atoms with Gasteiger partial charge in [0.25, 0.3) is 0 Å². The number of nitrogen functional groups attached to an aromatic ring is 1. The summed E-state index contributed by atoms with van der Waals surface area (Å²) in [5.41, 5.74) is 6.45. The Bertz CT molecular complexity index is 337. The molecule has 0 radical (unpaired) electrons. The number of hydrogen-bond acceptors (Lipinski definition) is 3. The molecule has 2 heterocycles. The highest BCUT2D eigenvalue weighted by Gasteiger charge is 2.23. The average Bonchev–Trinajstić information content (AvgIpc) is 2.52. The molecule has 2 rings (SSSR count). The Morgan fingerprint density at radius 1 is 1.54 bits per heavy atom. The first kappa shape index (κ1) is 8.04. The van der Waals surface area contributed by atoms with Crippen molar-refractivity contribution in [3.05, 3.63) is 23.9 Å². The van der Waals surface area contributed by atoms with Gasteiger partial charge in [0.2, 0.25) is 5.91 Å². The molecular weight excluding hydrogens is 166 g/mol. The molecule has 0 bridgehead atoms. The van der Waals surface area contributed by atoms with Crippen molar-refractivity contribution < 1.29 is 4.79 Å². The molecule has 1 aliphatic rings. The third-order valence-electron chi connectivity index (χ3n) is 2.19. The maximum atomic E-state index is 10.9. The van der Waals surface area contributed by atoms with Gasteiger partial charge in [-0.1, -0.05) is 6.07 Å². The van der Waals surface area contributed by atoms with Gasteiger partial charge in [0.1, 0.15) is 5.82 Å². The van der Waals surface area contributed by atoms with Crippen LogP contribution in [0.4, 0.5) is 5.82 Å². The quantitative estimate of drug-likeness (QED) is 0.646. The molecule has 4 nitrogen and oxygen atoms in total. The van der Waals surface area contributed by atoms with Gasteiger partial charge in [-0.2, -0.15) is 0 Å². The second-order valence-corrected chi connectivity index (χ2v) is 3.19. The van der Waals surface area contributed by atoms with E-state index in [1.807, 2.05) is 12.1 Å². The zero-order chi connectivity index (χ0) is 9.26. The van der Waals surface area contributed by atoms with Crippen molar-refractivity contribution >= 4 is 11.7 Å². The second-order valence-electron chi connectivity index (χ2n) is 3.19. The van der Waals surface area contributed by atoms with Crippen LogP contribution in [0.15, 0.2) is 18.2 Å². The fourth-order valence-corrected chi connectivity index (χ4v) is 1.51. The highest BCUT2D eigenvalue weighted by atomic mass is 16.1. The van der Waals surface area contributed by atoms with Crippen LogP contribution in [0, 0.1) is 0 Å². The summed E-state index contributed by atoms with van der Waals surface area (Å²) in [6.07, 6.45) is 0.524. The summed E-state index contributed by atoms with van der Waals surface area (Å²) in [6.45, 7) is 0.676. The molecule has 1 aliphatic heterocycles. The fraction of sp³-hybridized carbons (Fsp3) is 0.333. The number of anilines is 1. The van der Waals surface area contributed by atoms with E-state index in [2.05, 4.69) is 10.3 Å². The maximum Gasteiger partial charge on any atom is 0.220 e. The van der Waals surface area contributed by atoms with Crippen molar-refractivity contribution in [2.45, 2.75) is 12.3 Å². The van der Waals surface area contributed by atoms with Crippen molar-refractivity contribution in [1.82, 2.24) is 10.3 Å². The molecule has 68 valence electrons. The van der Waals surface area contributed by atoms with Crippen molar-refractivity contribution in [1.29, 1.82) is 0 Å². The minimum Gasteiger partial charge on any atom is -0.384 e. The Labute approximate surface area is 76.2 Å². The lowest BCUT2D eigenvalue weighted by molar-refractivity contribution is -0.119. The maximum absolute atomic E-state index is 10.9. The number of nitrogens with one attached hydrogen (secondary N) is 1. The molecule has 0 aliphatic carbocycles. The lowest BCUT2D eigenvalue weighted by Gasteiger charge is -2.06. The summed E-state index contributed by atoms with van der Waals surface area (Å²) in [5, 5.41) is 2.77. The van der Waals surface area contributed by atoms with E-state index in [1.165, 1.54) is 0 Å². The first-order chi connectivity index (χ1) is 6.25. The van der Waals surface area contributed by atoms with E-state index in [0.717, 1.165) is 5.69 Å². The van der Waals surface area contributed by atoms with Gasteiger partial charge in [-0.3, -0.25) is 4.79 Å². The van der Waals surface area contributed by atoms with E-state index in [4.69, 9.17) is 5.73 Å². The summed E-state index contributed by atoms with van der Waals surface area (Å²) in [4.78, 5) is 15.1. The van der Waals surface area contributed by atoms with Crippen LogP contribution in [0.1, 0.15) is 18.0 Å². The third-order valence-corrected chi connectivity index (χ3v) is 2.19. The average molecular weight is 177 g/mol. The molecule has 1 unspecified atom stereocenters. The van der Waals surface area contributed by atoms with Crippen LogP contribution in [0.5, 0.6) is 0 Å². The molecule has 1 fully saturated rings. The van der Waals surface area contributed by atoms with Gasteiger partial charge in [-0.25, -0.2) is 4.98 Å². The summed E-state index contributed by atoms with van der Waals surface area (Å²) in [5.74, 6) is 0.794. The number of rotatable bonds is 1. The number of nitrogens with zero attached hydrogens (tertiary/aromatic N) is 1. The Hall–Kier alpha value is -1.58. The number of hydrogen-bond donors (Lipinski definition) is 2. The Morgan fingerprint density at radius 3 is 3.00 bits per heavy atom.